The van der Waals surface area contributed by atoms with Crippen molar-refractivity contribution < 1.29 is 4.39 Å². The summed E-state index contributed by atoms with van der Waals surface area (Å²) in [6, 6.07) is 5.14. The van der Waals surface area contributed by atoms with Gasteiger partial charge in [0.15, 0.2) is 5.82 Å². The van der Waals surface area contributed by atoms with Gasteiger partial charge in [0.2, 0.25) is 0 Å². The van der Waals surface area contributed by atoms with Gasteiger partial charge in [-0.25, -0.2) is 9.07 Å². The molecule has 4 nitrogen and oxygen atoms in total. The molecule has 6 heteroatoms. The summed E-state index contributed by atoms with van der Waals surface area (Å²) in [7, 11) is 0. The van der Waals surface area contributed by atoms with Gasteiger partial charge in [-0.2, -0.15) is 0 Å². The highest BCUT2D eigenvalue weighted by Crippen LogP contribution is 2.21. The minimum Gasteiger partial charge on any atom is -0.309 e. The Morgan fingerprint density at radius 2 is 2.22 bits per heavy atom. The zero-order valence-corrected chi connectivity index (χ0v) is 10.9. The fourth-order valence-electron chi connectivity index (χ4n) is 1.54. The molecule has 1 aromatic carbocycles. The molecule has 0 spiro atoms. The summed E-state index contributed by atoms with van der Waals surface area (Å²) in [6.07, 6.45) is 1.61. The summed E-state index contributed by atoms with van der Waals surface area (Å²) >= 11 is 5.76. The van der Waals surface area contributed by atoms with Crippen LogP contribution < -0.4 is 5.32 Å². The zero-order chi connectivity index (χ0) is 13.1. The van der Waals surface area contributed by atoms with Crippen molar-refractivity contribution >= 4 is 11.6 Å². The topological polar surface area (TPSA) is 42.7 Å². The maximum absolute atomic E-state index is 13.9. The van der Waals surface area contributed by atoms with Gasteiger partial charge in [-0.1, -0.05) is 36.7 Å². The van der Waals surface area contributed by atoms with Crippen molar-refractivity contribution in [3.05, 3.63) is 40.9 Å². The Labute approximate surface area is 110 Å². The number of nitrogens with zero attached hydrogens (tertiary/aromatic N) is 3. The van der Waals surface area contributed by atoms with Crippen molar-refractivity contribution in [1.29, 1.82) is 0 Å². The minimum absolute atomic E-state index is 0.0748. The molecule has 0 unspecified atom stereocenters. The van der Waals surface area contributed by atoms with Crippen molar-refractivity contribution in [2.45, 2.75) is 26.4 Å². The quantitative estimate of drug-likeness (QED) is 0.927. The van der Waals surface area contributed by atoms with Crippen LogP contribution in [0.3, 0.4) is 0 Å². The molecule has 1 N–H and O–H groups in total. The Hall–Kier alpha value is -1.46. The van der Waals surface area contributed by atoms with Crippen LogP contribution in [0.2, 0.25) is 5.02 Å². The van der Waals surface area contributed by atoms with E-state index in [9.17, 15) is 4.39 Å². The van der Waals surface area contributed by atoms with Crippen LogP contribution in [0.5, 0.6) is 0 Å². The molecule has 0 aliphatic rings. The average Bonchev–Trinajstić information content (AvgIpc) is 2.78. The van der Waals surface area contributed by atoms with Crippen LogP contribution in [-0.4, -0.2) is 21.0 Å². The van der Waals surface area contributed by atoms with Crippen LogP contribution in [0.4, 0.5) is 4.39 Å². The molecular formula is C12H14ClFN4. The third-order valence-electron chi connectivity index (χ3n) is 2.47. The lowest BCUT2D eigenvalue weighted by Crippen LogP contribution is -2.23. The molecule has 0 bridgehead atoms. The summed E-state index contributed by atoms with van der Waals surface area (Å²) in [5.74, 6) is -0.490. The van der Waals surface area contributed by atoms with Crippen LogP contribution in [0.1, 0.15) is 19.5 Å². The normalized spacial score (nSPS) is 11.2. The molecular weight excluding hydrogens is 255 g/mol. The number of nitrogens with one attached hydrogen (secondary N) is 1. The number of aromatic nitrogens is 3. The first-order valence-corrected chi connectivity index (χ1v) is 6.04. The van der Waals surface area contributed by atoms with Gasteiger partial charge in [0.25, 0.3) is 0 Å². The van der Waals surface area contributed by atoms with E-state index in [2.05, 4.69) is 15.6 Å². The van der Waals surface area contributed by atoms with Crippen molar-refractivity contribution in [2.75, 3.05) is 0 Å². The van der Waals surface area contributed by atoms with E-state index in [4.69, 9.17) is 11.6 Å². The van der Waals surface area contributed by atoms with Crippen molar-refractivity contribution in [2.24, 2.45) is 0 Å². The third kappa shape index (κ3) is 2.68. The minimum atomic E-state index is -0.490. The second kappa shape index (κ2) is 5.46. The van der Waals surface area contributed by atoms with Crippen LogP contribution in [-0.2, 0) is 6.54 Å². The largest absolute Gasteiger partial charge is 0.309 e. The summed E-state index contributed by atoms with van der Waals surface area (Å²) in [6.45, 7) is 4.64. The molecule has 0 saturated carbocycles. The molecule has 18 heavy (non-hydrogen) atoms. The van der Waals surface area contributed by atoms with E-state index in [1.54, 1.807) is 18.3 Å². The smallest absolute Gasteiger partial charge is 0.167 e. The monoisotopic (exact) mass is 268 g/mol. The average molecular weight is 269 g/mol. The highest BCUT2D eigenvalue weighted by Gasteiger charge is 2.12. The number of hydrogen-bond donors (Lipinski definition) is 1. The molecule has 96 valence electrons. The number of rotatable bonds is 4. The van der Waals surface area contributed by atoms with Gasteiger partial charge in [-0.05, 0) is 12.1 Å². The summed E-state index contributed by atoms with van der Waals surface area (Å²) < 4.78 is 15.4. The molecule has 2 aromatic rings. The number of hydrogen-bond acceptors (Lipinski definition) is 3. The zero-order valence-electron chi connectivity index (χ0n) is 10.2. The maximum atomic E-state index is 13.9. The van der Waals surface area contributed by atoms with Crippen molar-refractivity contribution in [3.63, 3.8) is 0 Å². The second-order valence-electron chi connectivity index (χ2n) is 4.25. The van der Waals surface area contributed by atoms with E-state index < -0.39 is 5.82 Å². The molecule has 1 aromatic heterocycles. The Balaban J connectivity index is 2.33. The van der Waals surface area contributed by atoms with Gasteiger partial charge in [-0.15, -0.1) is 5.10 Å². The van der Waals surface area contributed by atoms with Crippen molar-refractivity contribution in [3.8, 4) is 5.69 Å². The first-order chi connectivity index (χ1) is 8.59. The Bertz CT molecular complexity index is 539. The van der Waals surface area contributed by atoms with Crippen LogP contribution in [0, 0.1) is 5.82 Å². The van der Waals surface area contributed by atoms with E-state index in [0.29, 0.717) is 18.3 Å². The molecule has 0 aliphatic heterocycles. The molecule has 1 heterocycles. The predicted octanol–water partition coefficient (Wildman–Crippen LogP) is 2.56. The molecule has 0 fully saturated rings. The fraction of sp³-hybridized carbons (Fsp3) is 0.333. The lowest BCUT2D eigenvalue weighted by Gasteiger charge is -2.10. The van der Waals surface area contributed by atoms with Gasteiger partial charge < -0.3 is 5.32 Å². The Morgan fingerprint density at radius 1 is 1.44 bits per heavy atom. The van der Waals surface area contributed by atoms with E-state index >= 15 is 0 Å². The molecule has 0 atom stereocenters. The molecule has 0 saturated heterocycles. The molecule has 2 rings (SSSR count). The highest BCUT2D eigenvalue weighted by atomic mass is 35.5. The van der Waals surface area contributed by atoms with Gasteiger partial charge in [0.05, 0.1) is 16.9 Å². The lowest BCUT2D eigenvalue weighted by molar-refractivity contribution is 0.560. The van der Waals surface area contributed by atoms with Crippen LogP contribution >= 0.6 is 11.6 Å². The summed E-state index contributed by atoms with van der Waals surface area (Å²) in [5, 5.41) is 11.0. The molecule has 0 radical (unpaired) electrons. The number of halogens is 2. The van der Waals surface area contributed by atoms with Crippen molar-refractivity contribution in [1.82, 2.24) is 20.3 Å². The van der Waals surface area contributed by atoms with E-state index in [0.717, 1.165) is 5.69 Å². The van der Waals surface area contributed by atoms with Gasteiger partial charge in [0.1, 0.15) is 5.69 Å². The van der Waals surface area contributed by atoms with Gasteiger partial charge in [-0.3, -0.25) is 0 Å². The van der Waals surface area contributed by atoms with E-state index in [1.807, 2.05) is 13.8 Å². The SMILES string of the molecule is CC(C)NCc1cnnn1-c1cccc(Cl)c1F. The summed E-state index contributed by atoms with van der Waals surface area (Å²) in [4.78, 5) is 0. The molecule has 0 aliphatic carbocycles. The summed E-state index contributed by atoms with van der Waals surface area (Å²) in [5.41, 5.74) is 1.09. The van der Waals surface area contributed by atoms with Gasteiger partial charge >= 0.3 is 0 Å². The van der Waals surface area contributed by atoms with Crippen LogP contribution in [0.25, 0.3) is 5.69 Å². The fourth-order valence-corrected chi connectivity index (χ4v) is 1.71. The first kappa shape index (κ1) is 13.0. The highest BCUT2D eigenvalue weighted by molar-refractivity contribution is 6.30. The predicted molar refractivity (Wildman–Crippen MR) is 68.3 cm³/mol. The molecule has 0 amide bonds. The van der Waals surface area contributed by atoms with Gasteiger partial charge in [0, 0.05) is 12.6 Å². The van der Waals surface area contributed by atoms with Crippen LogP contribution in [0.15, 0.2) is 24.4 Å². The second-order valence-corrected chi connectivity index (χ2v) is 4.65. The van der Waals surface area contributed by atoms with E-state index in [1.165, 1.54) is 10.7 Å². The third-order valence-corrected chi connectivity index (χ3v) is 2.76. The standard InChI is InChI=1S/C12H14ClFN4/c1-8(2)15-6-9-7-16-17-18(9)11-5-3-4-10(13)12(11)14/h3-5,7-8,15H,6H2,1-2H3. The van der Waals surface area contributed by atoms with E-state index in [-0.39, 0.29) is 5.02 Å². The lowest BCUT2D eigenvalue weighted by atomic mass is 10.3. The maximum Gasteiger partial charge on any atom is 0.167 e. The Morgan fingerprint density at radius 3 is 2.94 bits per heavy atom. The number of benzene rings is 1. The first-order valence-electron chi connectivity index (χ1n) is 5.67. The Kier molecular flexibility index (Phi) is 3.93.